The highest BCUT2D eigenvalue weighted by atomic mass is 32.2. The van der Waals surface area contributed by atoms with Gasteiger partial charge in [0, 0.05) is 17.7 Å². The Balaban J connectivity index is 1.76. The van der Waals surface area contributed by atoms with Gasteiger partial charge in [0.25, 0.3) is 0 Å². The summed E-state index contributed by atoms with van der Waals surface area (Å²) >= 11 is 1.96. The second kappa shape index (κ2) is 31.0. The molecule has 0 aliphatic carbocycles. The summed E-state index contributed by atoms with van der Waals surface area (Å²) < 4.78 is 2.44. The van der Waals surface area contributed by atoms with Gasteiger partial charge >= 0.3 is 0 Å². The number of phenolic OH excluding ortho intramolecular Hbond substituents is 1. The minimum atomic E-state index is -0.135. The molecule has 1 unspecified atom stereocenters. The van der Waals surface area contributed by atoms with Gasteiger partial charge in [0.05, 0.1) is 11.1 Å². The molecule has 56 heavy (non-hydrogen) atoms. The SMILES string of the molecule is CCCCCCCCCCCCCCCCCCC1NN(CCCCCCCCCCCCCCCCCC)N(c2cc(C(C)(C)C)c(O)c(C(C)(C)C)c2)S1. The minimum absolute atomic E-state index is 0.135. The second-order valence-electron chi connectivity index (χ2n) is 19.9. The lowest BCUT2D eigenvalue weighted by atomic mass is 9.79. The number of phenols is 1. The molecule has 5 heteroatoms. The molecule has 1 saturated heterocycles. The molecule has 1 aromatic rings. The van der Waals surface area contributed by atoms with Crippen LogP contribution in [0.15, 0.2) is 12.1 Å². The fraction of sp³-hybridized carbons (Fsp3) is 0.882. The lowest BCUT2D eigenvalue weighted by molar-refractivity contribution is 0.208. The average Bonchev–Trinajstić information content (AvgIpc) is 3.56. The zero-order valence-corrected chi connectivity index (χ0v) is 39.8. The predicted octanol–water partition coefficient (Wildman–Crippen LogP) is 17.4. The number of unbranched alkanes of at least 4 members (excludes halogenated alkanes) is 30. The van der Waals surface area contributed by atoms with E-state index in [0.717, 1.165) is 17.7 Å². The number of hydrogen-bond acceptors (Lipinski definition) is 5. The smallest absolute Gasteiger partial charge is 0.123 e. The van der Waals surface area contributed by atoms with Gasteiger partial charge in [-0.15, -0.1) is 5.12 Å². The zero-order valence-electron chi connectivity index (χ0n) is 39.0. The van der Waals surface area contributed by atoms with Gasteiger partial charge < -0.3 is 5.11 Å². The van der Waals surface area contributed by atoms with Crippen LogP contribution >= 0.6 is 11.9 Å². The first-order valence-electron chi connectivity index (χ1n) is 24.9. The molecule has 4 nitrogen and oxygen atoms in total. The van der Waals surface area contributed by atoms with Gasteiger partial charge in [-0.1, -0.05) is 254 Å². The Hall–Kier alpha value is -0.910. The first-order chi connectivity index (χ1) is 27.0. The number of aromatic hydroxyl groups is 1. The summed E-state index contributed by atoms with van der Waals surface area (Å²) in [5, 5.41) is 14.3. The van der Waals surface area contributed by atoms with E-state index < -0.39 is 0 Å². The van der Waals surface area contributed by atoms with Crippen LogP contribution in [0.5, 0.6) is 5.75 Å². The van der Waals surface area contributed by atoms with E-state index in [1.807, 2.05) is 11.9 Å². The quantitative estimate of drug-likeness (QED) is 0.0528. The molecule has 1 fully saturated rings. The molecular weight excluding hydrogens is 703 g/mol. The predicted molar refractivity (Wildman–Crippen MR) is 253 cm³/mol. The largest absolute Gasteiger partial charge is 0.507 e. The summed E-state index contributed by atoms with van der Waals surface area (Å²) in [6.07, 6.45) is 46.2. The van der Waals surface area contributed by atoms with E-state index in [0.29, 0.717) is 11.1 Å². The van der Waals surface area contributed by atoms with Crippen molar-refractivity contribution in [1.29, 1.82) is 0 Å². The van der Waals surface area contributed by atoms with Crippen LogP contribution in [-0.2, 0) is 10.8 Å². The standard InChI is InChI=1S/C51H97N3OS/c1-9-11-13-15-17-19-21-23-25-27-29-31-33-35-37-39-41-48-52-53(42-40-38-36-34-32-30-28-26-24-22-20-18-16-14-12-10-2)54(56-48)45-43-46(50(3,4)5)49(55)47(44-45)51(6,7)8/h43-44,48,52,55H,9-42H2,1-8H3. The monoisotopic (exact) mass is 800 g/mol. The van der Waals surface area contributed by atoms with E-state index in [1.54, 1.807) is 0 Å². The Morgan fingerprint density at radius 2 is 0.786 bits per heavy atom. The van der Waals surface area contributed by atoms with Crippen LogP contribution in [0.4, 0.5) is 5.69 Å². The van der Waals surface area contributed by atoms with Crippen LogP contribution in [0.3, 0.4) is 0 Å². The van der Waals surface area contributed by atoms with E-state index in [-0.39, 0.29) is 10.8 Å². The Morgan fingerprint density at radius 1 is 0.482 bits per heavy atom. The molecule has 1 aliphatic heterocycles. The lowest BCUT2D eigenvalue weighted by Gasteiger charge is -2.32. The Kier molecular flexibility index (Phi) is 28.4. The van der Waals surface area contributed by atoms with Gasteiger partial charge in [-0.25, -0.2) is 9.84 Å². The van der Waals surface area contributed by atoms with Gasteiger partial charge in [0.1, 0.15) is 5.75 Å². The summed E-state index contributed by atoms with van der Waals surface area (Å²) in [5.41, 5.74) is 6.95. The van der Waals surface area contributed by atoms with Crippen molar-refractivity contribution < 1.29 is 5.11 Å². The third-order valence-electron chi connectivity index (χ3n) is 12.2. The number of hydrazine groups is 2. The van der Waals surface area contributed by atoms with Crippen molar-refractivity contribution >= 4 is 17.6 Å². The van der Waals surface area contributed by atoms with E-state index >= 15 is 0 Å². The molecule has 2 N–H and O–H groups in total. The highest BCUT2D eigenvalue weighted by Crippen LogP contribution is 2.44. The minimum Gasteiger partial charge on any atom is -0.507 e. The topological polar surface area (TPSA) is 38.7 Å². The molecule has 1 aliphatic rings. The molecule has 0 spiro atoms. The summed E-state index contributed by atoms with van der Waals surface area (Å²) in [6, 6.07) is 4.52. The Bertz CT molecular complexity index is 1040. The molecule has 1 aromatic carbocycles. The van der Waals surface area contributed by atoms with Crippen LogP contribution in [0.2, 0.25) is 0 Å². The van der Waals surface area contributed by atoms with Crippen molar-refractivity contribution in [3.8, 4) is 5.75 Å². The van der Waals surface area contributed by atoms with Crippen LogP contribution in [0.25, 0.3) is 0 Å². The summed E-state index contributed by atoms with van der Waals surface area (Å²) in [6.45, 7) is 19.0. The summed E-state index contributed by atoms with van der Waals surface area (Å²) in [7, 11) is 0. The van der Waals surface area contributed by atoms with Gasteiger partial charge in [0.2, 0.25) is 0 Å². The van der Waals surface area contributed by atoms with Crippen LogP contribution in [-0.4, -0.2) is 22.1 Å². The van der Waals surface area contributed by atoms with Crippen LogP contribution in [0, 0.1) is 0 Å². The molecule has 1 atom stereocenters. The normalized spacial score (nSPS) is 15.4. The maximum Gasteiger partial charge on any atom is 0.123 e. The van der Waals surface area contributed by atoms with Crippen LogP contribution < -0.4 is 9.84 Å². The summed E-state index contributed by atoms with van der Waals surface area (Å²) in [4.78, 5) is 0. The van der Waals surface area contributed by atoms with Gasteiger partial charge in [-0.3, -0.25) is 0 Å². The van der Waals surface area contributed by atoms with Crippen molar-refractivity contribution in [2.75, 3.05) is 11.0 Å². The van der Waals surface area contributed by atoms with Crippen molar-refractivity contribution in [2.24, 2.45) is 0 Å². The highest BCUT2D eigenvalue weighted by molar-refractivity contribution is 8.01. The van der Waals surface area contributed by atoms with E-state index in [9.17, 15) is 5.11 Å². The molecule has 0 bridgehead atoms. The van der Waals surface area contributed by atoms with Crippen molar-refractivity contribution in [2.45, 2.75) is 283 Å². The molecule has 0 amide bonds. The fourth-order valence-corrected chi connectivity index (χ4v) is 9.60. The molecule has 0 aromatic heterocycles. The molecule has 2 rings (SSSR count). The van der Waals surface area contributed by atoms with E-state index in [1.165, 1.54) is 218 Å². The zero-order chi connectivity index (χ0) is 40.9. The number of hydrogen-bond donors (Lipinski definition) is 2. The van der Waals surface area contributed by atoms with Gasteiger partial charge in [0.15, 0.2) is 0 Å². The maximum atomic E-state index is 11.5. The number of anilines is 1. The Morgan fingerprint density at radius 3 is 1.11 bits per heavy atom. The lowest BCUT2D eigenvalue weighted by Crippen LogP contribution is -2.43. The van der Waals surface area contributed by atoms with Gasteiger partial charge in [-0.2, -0.15) is 0 Å². The average molecular weight is 800 g/mol. The Labute approximate surface area is 355 Å². The first kappa shape index (κ1) is 51.2. The molecule has 328 valence electrons. The molecule has 0 radical (unpaired) electrons. The number of nitrogens with zero attached hydrogens (tertiary/aromatic N) is 2. The molecular formula is C51H97N3OS. The third-order valence-corrected chi connectivity index (χ3v) is 13.4. The number of rotatable bonds is 35. The van der Waals surface area contributed by atoms with Crippen molar-refractivity contribution in [1.82, 2.24) is 10.5 Å². The van der Waals surface area contributed by atoms with E-state index in [4.69, 9.17) is 0 Å². The number of nitrogens with one attached hydrogen (secondary N) is 1. The van der Waals surface area contributed by atoms with Crippen LogP contribution in [0.1, 0.15) is 278 Å². The maximum absolute atomic E-state index is 11.5. The second-order valence-corrected chi connectivity index (χ2v) is 21.0. The first-order valence-corrected chi connectivity index (χ1v) is 25.7. The van der Waals surface area contributed by atoms with Gasteiger partial charge in [-0.05, 0) is 47.8 Å². The van der Waals surface area contributed by atoms with Crippen molar-refractivity contribution in [3.63, 3.8) is 0 Å². The highest BCUT2D eigenvalue weighted by Gasteiger charge is 2.34. The molecule has 1 heterocycles. The van der Waals surface area contributed by atoms with Crippen molar-refractivity contribution in [3.05, 3.63) is 23.3 Å². The third kappa shape index (κ3) is 23.0. The number of benzene rings is 1. The van der Waals surface area contributed by atoms with E-state index in [2.05, 4.69) is 82.5 Å². The summed E-state index contributed by atoms with van der Waals surface area (Å²) in [5.74, 6) is 0.472. The molecule has 0 saturated carbocycles. The fourth-order valence-electron chi connectivity index (χ4n) is 8.45.